The molecule has 0 fully saturated rings. The van der Waals surface area contributed by atoms with Crippen molar-refractivity contribution in [2.45, 2.75) is 13.8 Å². The molecular formula is C12H16ClN3OS. The molecule has 0 saturated carbocycles. The molecule has 0 aliphatic rings. The largest absolute Gasteiger partial charge is 0.393 e. The number of hydrogen-bond donors (Lipinski definition) is 3. The number of thiocarbonyl (C=S) groups is 1. The van der Waals surface area contributed by atoms with Crippen LogP contribution in [0.25, 0.3) is 0 Å². The highest BCUT2D eigenvalue weighted by atomic mass is 35.5. The van der Waals surface area contributed by atoms with E-state index in [-0.39, 0.29) is 6.03 Å². The molecule has 0 aliphatic carbocycles. The highest BCUT2D eigenvalue weighted by molar-refractivity contribution is 7.80. The monoisotopic (exact) mass is 285 g/mol. The highest BCUT2D eigenvalue weighted by Crippen LogP contribution is 2.20. The maximum absolute atomic E-state index is 11.7. The van der Waals surface area contributed by atoms with E-state index in [1.54, 1.807) is 24.3 Å². The molecule has 0 heterocycles. The SMILES string of the molecule is CC(C)(CNC(=O)Nc1ccccc1Cl)C(N)=S. The van der Waals surface area contributed by atoms with Crippen LogP contribution in [0, 0.1) is 5.41 Å². The van der Waals surface area contributed by atoms with Crippen LogP contribution in [-0.2, 0) is 0 Å². The molecule has 0 radical (unpaired) electrons. The highest BCUT2D eigenvalue weighted by Gasteiger charge is 2.22. The molecule has 0 aromatic heterocycles. The number of anilines is 1. The normalized spacial score (nSPS) is 10.8. The Labute approximate surface area is 117 Å². The molecule has 18 heavy (non-hydrogen) atoms. The van der Waals surface area contributed by atoms with Crippen molar-refractivity contribution < 1.29 is 4.79 Å². The molecule has 0 atom stereocenters. The van der Waals surface area contributed by atoms with Crippen LogP contribution in [0.5, 0.6) is 0 Å². The Morgan fingerprint density at radius 2 is 2.06 bits per heavy atom. The fourth-order valence-electron chi connectivity index (χ4n) is 1.12. The number of carbonyl (C=O) groups is 1. The van der Waals surface area contributed by atoms with Gasteiger partial charge in [-0.1, -0.05) is 49.8 Å². The number of para-hydroxylation sites is 1. The van der Waals surface area contributed by atoms with Crippen LogP contribution in [0.3, 0.4) is 0 Å². The fraction of sp³-hybridized carbons (Fsp3) is 0.333. The summed E-state index contributed by atoms with van der Waals surface area (Å²) in [5.41, 5.74) is 5.71. The molecule has 2 amide bonds. The molecule has 4 nitrogen and oxygen atoms in total. The van der Waals surface area contributed by atoms with E-state index >= 15 is 0 Å². The van der Waals surface area contributed by atoms with Crippen molar-refractivity contribution in [2.75, 3.05) is 11.9 Å². The van der Waals surface area contributed by atoms with Gasteiger partial charge >= 0.3 is 6.03 Å². The number of amides is 2. The van der Waals surface area contributed by atoms with E-state index in [4.69, 9.17) is 29.6 Å². The van der Waals surface area contributed by atoms with Crippen molar-refractivity contribution in [3.63, 3.8) is 0 Å². The molecular weight excluding hydrogens is 270 g/mol. The Morgan fingerprint density at radius 1 is 1.44 bits per heavy atom. The number of hydrogen-bond acceptors (Lipinski definition) is 2. The van der Waals surface area contributed by atoms with Gasteiger partial charge < -0.3 is 16.4 Å². The average Bonchev–Trinajstić information content (AvgIpc) is 2.29. The Morgan fingerprint density at radius 3 is 2.61 bits per heavy atom. The Hall–Kier alpha value is -1.33. The first-order valence-corrected chi connectivity index (χ1v) is 6.21. The van der Waals surface area contributed by atoms with Gasteiger partial charge in [0, 0.05) is 12.0 Å². The quantitative estimate of drug-likeness (QED) is 0.745. The first-order valence-electron chi connectivity index (χ1n) is 5.42. The van der Waals surface area contributed by atoms with Crippen LogP contribution in [0.15, 0.2) is 24.3 Å². The molecule has 98 valence electrons. The fourth-order valence-corrected chi connectivity index (χ4v) is 1.37. The number of nitrogens with one attached hydrogen (secondary N) is 2. The van der Waals surface area contributed by atoms with Crippen LogP contribution >= 0.6 is 23.8 Å². The molecule has 4 N–H and O–H groups in total. The van der Waals surface area contributed by atoms with Crippen molar-refractivity contribution in [1.29, 1.82) is 0 Å². The van der Waals surface area contributed by atoms with Gasteiger partial charge in [-0.05, 0) is 12.1 Å². The summed E-state index contributed by atoms with van der Waals surface area (Å²) in [6.45, 7) is 4.09. The molecule has 0 bridgehead atoms. The van der Waals surface area contributed by atoms with E-state index in [2.05, 4.69) is 10.6 Å². The third kappa shape index (κ3) is 4.16. The van der Waals surface area contributed by atoms with E-state index in [1.165, 1.54) is 0 Å². The molecule has 0 aliphatic heterocycles. The summed E-state index contributed by atoms with van der Waals surface area (Å²) >= 11 is 10.8. The van der Waals surface area contributed by atoms with Gasteiger partial charge in [-0.3, -0.25) is 0 Å². The summed E-state index contributed by atoms with van der Waals surface area (Å²) in [4.78, 5) is 12.0. The Balaban J connectivity index is 2.54. The van der Waals surface area contributed by atoms with Gasteiger partial charge in [0.05, 0.1) is 15.7 Å². The Bertz CT molecular complexity index is 462. The minimum absolute atomic E-state index is 0.340. The van der Waals surface area contributed by atoms with E-state index < -0.39 is 5.41 Å². The maximum Gasteiger partial charge on any atom is 0.319 e. The molecule has 0 spiro atoms. The molecule has 0 unspecified atom stereocenters. The van der Waals surface area contributed by atoms with Gasteiger partial charge in [-0.2, -0.15) is 0 Å². The van der Waals surface area contributed by atoms with Crippen LogP contribution < -0.4 is 16.4 Å². The summed E-state index contributed by atoms with van der Waals surface area (Å²) in [6.07, 6.45) is 0. The van der Waals surface area contributed by atoms with Crippen molar-refractivity contribution >= 4 is 40.5 Å². The lowest BCUT2D eigenvalue weighted by Gasteiger charge is -2.23. The lowest BCUT2D eigenvalue weighted by molar-refractivity contribution is 0.249. The van der Waals surface area contributed by atoms with Crippen molar-refractivity contribution in [2.24, 2.45) is 11.1 Å². The predicted molar refractivity (Wildman–Crippen MR) is 79.0 cm³/mol. The molecule has 1 aromatic carbocycles. The predicted octanol–water partition coefficient (Wildman–Crippen LogP) is 2.77. The number of benzene rings is 1. The molecule has 0 saturated heterocycles. The lowest BCUT2D eigenvalue weighted by Crippen LogP contribution is -2.42. The minimum Gasteiger partial charge on any atom is -0.393 e. The van der Waals surface area contributed by atoms with Crippen LogP contribution in [-0.4, -0.2) is 17.6 Å². The third-order valence-electron chi connectivity index (χ3n) is 2.48. The molecule has 6 heteroatoms. The zero-order valence-corrected chi connectivity index (χ0v) is 11.9. The number of halogens is 1. The van der Waals surface area contributed by atoms with E-state index in [0.717, 1.165) is 0 Å². The standard InChI is InChI=1S/C12H16ClN3OS/c1-12(2,10(14)18)7-15-11(17)16-9-6-4-3-5-8(9)13/h3-6H,7H2,1-2H3,(H2,14,18)(H2,15,16,17). The summed E-state index contributed by atoms with van der Waals surface area (Å²) in [5.74, 6) is 0. The second-order valence-electron chi connectivity index (χ2n) is 4.54. The van der Waals surface area contributed by atoms with Gasteiger partial charge in [0.25, 0.3) is 0 Å². The zero-order valence-electron chi connectivity index (χ0n) is 10.3. The van der Waals surface area contributed by atoms with Gasteiger partial charge in [0.2, 0.25) is 0 Å². The minimum atomic E-state index is -0.423. The van der Waals surface area contributed by atoms with Crippen LogP contribution in [0.1, 0.15) is 13.8 Å². The van der Waals surface area contributed by atoms with Gasteiger partial charge in [0.1, 0.15) is 0 Å². The summed E-state index contributed by atoms with van der Waals surface area (Å²) < 4.78 is 0. The number of rotatable bonds is 4. The first kappa shape index (κ1) is 14.7. The smallest absolute Gasteiger partial charge is 0.319 e. The van der Waals surface area contributed by atoms with Crippen molar-refractivity contribution in [3.8, 4) is 0 Å². The van der Waals surface area contributed by atoms with E-state index in [1.807, 2.05) is 13.8 Å². The second-order valence-corrected chi connectivity index (χ2v) is 5.38. The summed E-state index contributed by atoms with van der Waals surface area (Å²) in [6, 6.07) is 6.67. The lowest BCUT2D eigenvalue weighted by atomic mass is 9.94. The third-order valence-corrected chi connectivity index (χ3v) is 3.36. The van der Waals surface area contributed by atoms with Gasteiger partial charge in [-0.25, -0.2) is 4.79 Å². The Kier molecular flexibility index (Phi) is 4.93. The van der Waals surface area contributed by atoms with Crippen LogP contribution in [0.4, 0.5) is 10.5 Å². The first-order chi connectivity index (χ1) is 8.33. The maximum atomic E-state index is 11.7. The number of nitrogens with two attached hydrogens (primary N) is 1. The number of urea groups is 1. The topological polar surface area (TPSA) is 67.2 Å². The summed E-state index contributed by atoms with van der Waals surface area (Å²) in [7, 11) is 0. The van der Waals surface area contributed by atoms with E-state index in [9.17, 15) is 4.79 Å². The van der Waals surface area contributed by atoms with Crippen molar-refractivity contribution in [3.05, 3.63) is 29.3 Å². The molecule has 1 rings (SSSR count). The average molecular weight is 286 g/mol. The molecule has 1 aromatic rings. The van der Waals surface area contributed by atoms with E-state index in [0.29, 0.717) is 22.2 Å². The number of carbonyl (C=O) groups excluding carboxylic acids is 1. The van der Waals surface area contributed by atoms with Gasteiger partial charge in [-0.15, -0.1) is 0 Å². The zero-order chi connectivity index (χ0) is 13.8. The van der Waals surface area contributed by atoms with Crippen molar-refractivity contribution in [1.82, 2.24) is 5.32 Å². The summed E-state index contributed by atoms with van der Waals surface area (Å²) in [5, 5.41) is 5.85. The van der Waals surface area contributed by atoms with Crippen LogP contribution in [0.2, 0.25) is 5.02 Å². The van der Waals surface area contributed by atoms with Gasteiger partial charge in [0.15, 0.2) is 0 Å². The second kappa shape index (κ2) is 6.02.